The molecule has 26 heavy (non-hydrogen) atoms. The van der Waals surface area contributed by atoms with Gasteiger partial charge < -0.3 is 15.1 Å². The molecule has 136 valence electrons. The largest absolute Gasteiger partial charge is 0.341 e. The summed E-state index contributed by atoms with van der Waals surface area (Å²) >= 11 is 0. The van der Waals surface area contributed by atoms with E-state index in [-0.39, 0.29) is 11.7 Å². The van der Waals surface area contributed by atoms with E-state index >= 15 is 0 Å². The standard InChI is InChI=1S/C19H22FN5O/c1-13(26)25-10-7-17-16(12-25)18(21-15-6-4-5-14(20)11-15)23-19(22-17)24-8-2-3-9-24/h4-6,11H,2-3,7-10,12H2,1H3,(H,21,22,23). The van der Waals surface area contributed by atoms with Crippen LogP contribution in [-0.2, 0) is 17.8 Å². The summed E-state index contributed by atoms with van der Waals surface area (Å²) in [5.74, 6) is 1.11. The lowest BCUT2D eigenvalue weighted by atomic mass is 10.1. The maximum Gasteiger partial charge on any atom is 0.227 e. The molecule has 4 rings (SSSR count). The zero-order valence-corrected chi connectivity index (χ0v) is 14.8. The van der Waals surface area contributed by atoms with Crippen molar-refractivity contribution in [2.45, 2.75) is 32.7 Å². The summed E-state index contributed by atoms with van der Waals surface area (Å²) in [5.41, 5.74) is 2.52. The molecule has 0 bridgehead atoms. The molecule has 1 aromatic carbocycles. The molecule has 2 aromatic rings. The van der Waals surface area contributed by atoms with Crippen molar-refractivity contribution in [1.29, 1.82) is 0 Å². The van der Waals surface area contributed by atoms with Crippen molar-refractivity contribution in [3.05, 3.63) is 41.3 Å². The van der Waals surface area contributed by atoms with Crippen LogP contribution in [0.1, 0.15) is 31.0 Å². The molecule has 1 saturated heterocycles. The van der Waals surface area contributed by atoms with E-state index in [0.29, 0.717) is 31.0 Å². The van der Waals surface area contributed by atoms with Crippen molar-refractivity contribution < 1.29 is 9.18 Å². The third kappa shape index (κ3) is 3.34. The van der Waals surface area contributed by atoms with Crippen LogP contribution in [0, 0.1) is 5.82 Å². The number of nitrogens with one attached hydrogen (secondary N) is 1. The first-order valence-corrected chi connectivity index (χ1v) is 9.03. The Morgan fingerprint density at radius 2 is 2.00 bits per heavy atom. The van der Waals surface area contributed by atoms with Crippen LogP contribution in [0.25, 0.3) is 0 Å². The topological polar surface area (TPSA) is 61.4 Å². The maximum absolute atomic E-state index is 13.6. The minimum absolute atomic E-state index is 0.0379. The van der Waals surface area contributed by atoms with Crippen LogP contribution in [0.5, 0.6) is 0 Å². The zero-order chi connectivity index (χ0) is 18.1. The van der Waals surface area contributed by atoms with Crippen molar-refractivity contribution in [3.8, 4) is 0 Å². The molecule has 7 heteroatoms. The van der Waals surface area contributed by atoms with Crippen LogP contribution in [0.3, 0.4) is 0 Å². The van der Waals surface area contributed by atoms with E-state index in [9.17, 15) is 9.18 Å². The summed E-state index contributed by atoms with van der Waals surface area (Å²) in [7, 11) is 0. The molecule has 1 N–H and O–H groups in total. The fourth-order valence-electron chi connectivity index (χ4n) is 3.53. The average Bonchev–Trinajstić information content (AvgIpc) is 3.16. The summed E-state index contributed by atoms with van der Waals surface area (Å²) in [4.78, 5) is 25.3. The number of hydrogen-bond acceptors (Lipinski definition) is 5. The first-order chi connectivity index (χ1) is 12.6. The van der Waals surface area contributed by atoms with Gasteiger partial charge in [0.15, 0.2) is 0 Å². The van der Waals surface area contributed by atoms with Crippen molar-refractivity contribution in [1.82, 2.24) is 14.9 Å². The molecule has 1 aromatic heterocycles. The molecule has 0 saturated carbocycles. The molecule has 1 fully saturated rings. The smallest absolute Gasteiger partial charge is 0.227 e. The van der Waals surface area contributed by atoms with Crippen molar-refractivity contribution >= 4 is 23.4 Å². The Morgan fingerprint density at radius 3 is 2.73 bits per heavy atom. The Balaban J connectivity index is 1.73. The Bertz CT molecular complexity index is 835. The highest BCUT2D eigenvalue weighted by Crippen LogP contribution is 2.29. The second kappa shape index (κ2) is 6.90. The summed E-state index contributed by atoms with van der Waals surface area (Å²) in [6, 6.07) is 6.32. The normalized spacial score (nSPS) is 16.5. The molecule has 0 unspecified atom stereocenters. The number of halogens is 1. The SMILES string of the molecule is CC(=O)N1CCc2nc(N3CCCC3)nc(Nc3cccc(F)c3)c2C1. The molecule has 0 spiro atoms. The highest BCUT2D eigenvalue weighted by atomic mass is 19.1. The van der Waals surface area contributed by atoms with Crippen LogP contribution in [-0.4, -0.2) is 40.4 Å². The Labute approximate surface area is 152 Å². The van der Waals surface area contributed by atoms with E-state index in [1.165, 1.54) is 12.1 Å². The van der Waals surface area contributed by atoms with Gasteiger partial charge in [-0.25, -0.2) is 9.37 Å². The lowest BCUT2D eigenvalue weighted by Gasteiger charge is -2.30. The number of fused-ring (bicyclic) bond motifs is 1. The lowest BCUT2D eigenvalue weighted by Crippen LogP contribution is -2.36. The number of nitrogens with zero attached hydrogens (tertiary/aromatic N) is 4. The number of carbonyl (C=O) groups is 1. The van der Waals surface area contributed by atoms with Crippen LogP contribution < -0.4 is 10.2 Å². The van der Waals surface area contributed by atoms with E-state index in [4.69, 9.17) is 9.97 Å². The van der Waals surface area contributed by atoms with Gasteiger partial charge in [0.2, 0.25) is 11.9 Å². The average molecular weight is 355 g/mol. The Kier molecular flexibility index (Phi) is 4.44. The molecule has 2 aliphatic rings. The van der Waals surface area contributed by atoms with Gasteiger partial charge in [0.25, 0.3) is 0 Å². The predicted molar refractivity (Wildman–Crippen MR) is 98.0 cm³/mol. The van der Waals surface area contributed by atoms with E-state index in [0.717, 1.165) is 43.1 Å². The third-order valence-corrected chi connectivity index (χ3v) is 4.97. The molecule has 0 atom stereocenters. The van der Waals surface area contributed by atoms with Gasteiger partial charge in [0.1, 0.15) is 11.6 Å². The van der Waals surface area contributed by atoms with Gasteiger partial charge in [-0.15, -0.1) is 0 Å². The zero-order valence-electron chi connectivity index (χ0n) is 14.8. The highest BCUT2D eigenvalue weighted by Gasteiger charge is 2.26. The number of benzene rings is 1. The van der Waals surface area contributed by atoms with Gasteiger partial charge in [0, 0.05) is 44.2 Å². The van der Waals surface area contributed by atoms with Gasteiger partial charge in [-0.3, -0.25) is 4.79 Å². The summed E-state index contributed by atoms with van der Waals surface area (Å²) in [5, 5.41) is 3.24. The number of carbonyl (C=O) groups excluding carboxylic acids is 1. The lowest BCUT2D eigenvalue weighted by molar-refractivity contribution is -0.129. The number of hydrogen-bond donors (Lipinski definition) is 1. The number of amides is 1. The molecule has 1 amide bonds. The summed E-state index contributed by atoms with van der Waals surface area (Å²) in [6.45, 7) is 4.63. The summed E-state index contributed by atoms with van der Waals surface area (Å²) in [6.07, 6.45) is 2.99. The minimum Gasteiger partial charge on any atom is -0.341 e. The fourth-order valence-corrected chi connectivity index (χ4v) is 3.53. The molecule has 3 heterocycles. The van der Waals surface area contributed by atoms with Crippen molar-refractivity contribution in [3.63, 3.8) is 0 Å². The van der Waals surface area contributed by atoms with Gasteiger partial charge in [-0.2, -0.15) is 4.98 Å². The predicted octanol–water partition coefficient (Wildman–Crippen LogP) is 2.86. The van der Waals surface area contributed by atoms with E-state index in [1.807, 2.05) is 0 Å². The molecular weight excluding hydrogens is 333 g/mol. The van der Waals surface area contributed by atoms with Crippen LogP contribution in [0.4, 0.5) is 21.8 Å². The van der Waals surface area contributed by atoms with Gasteiger partial charge in [-0.1, -0.05) is 6.07 Å². The number of aromatic nitrogens is 2. The minimum atomic E-state index is -0.303. The van der Waals surface area contributed by atoms with Crippen LogP contribution in [0.2, 0.25) is 0 Å². The van der Waals surface area contributed by atoms with E-state index < -0.39 is 0 Å². The van der Waals surface area contributed by atoms with Crippen molar-refractivity contribution in [2.24, 2.45) is 0 Å². The second-order valence-corrected chi connectivity index (χ2v) is 6.82. The third-order valence-electron chi connectivity index (χ3n) is 4.97. The van der Waals surface area contributed by atoms with Gasteiger partial charge >= 0.3 is 0 Å². The molecular formula is C19H22FN5O. The monoisotopic (exact) mass is 355 g/mol. The van der Waals surface area contributed by atoms with Crippen LogP contribution >= 0.6 is 0 Å². The molecule has 6 nitrogen and oxygen atoms in total. The van der Waals surface area contributed by atoms with Crippen LogP contribution in [0.15, 0.2) is 24.3 Å². The second-order valence-electron chi connectivity index (χ2n) is 6.82. The molecule has 0 aliphatic carbocycles. The maximum atomic E-state index is 13.6. The highest BCUT2D eigenvalue weighted by molar-refractivity contribution is 5.74. The van der Waals surface area contributed by atoms with Crippen molar-refractivity contribution in [2.75, 3.05) is 29.9 Å². The first-order valence-electron chi connectivity index (χ1n) is 9.03. The Hall–Kier alpha value is -2.70. The quantitative estimate of drug-likeness (QED) is 0.917. The number of anilines is 3. The number of rotatable bonds is 3. The van der Waals surface area contributed by atoms with E-state index in [2.05, 4.69) is 10.2 Å². The van der Waals surface area contributed by atoms with Gasteiger partial charge in [-0.05, 0) is 31.0 Å². The fraction of sp³-hybridized carbons (Fsp3) is 0.421. The first kappa shape index (κ1) is 16.8. The molecule has 0 radical (unpaired) electrons. The summed E-state index contributed by atoms with van der Waals surface area (Å²) < 4.78 is 13.6. The Morgan fingerprint density at radius 1 is 1.19 bits per heavy atom. The molecule has 2 aliphatic heterocycles. The van der Waals surface area contributed by atoms with Gasteiger partial charge in [0.05, 0.1) is 12.2 Å². The van der Waals surface area contributed by atoms with E-state index in [1.54, 1.807) is 24.0 Å².